The first-order valence-corrected chi connectivity index (χ1v) is 10.3. The van der Waals surface area contributed by atoms with Crippen molar-refractivity contribution in [2.24, 2.45) is 0 Å². The van der Waals surface area contributed by atoms with E-state index in [9.17, 15) is 9.59 Å². The van der Waals surface area contributed by atoms with E-state index in [-0.39, 0.29) is 11.8 Å². The molecule has 7 nitrogen and oxygen atoms in total. The lowest BCUT2D eigenvalue weighted by Gasteiger charge is -2.13. The molecule has 1 atom stereocenters. The van der Waals surface area contributed by atoms with E-state index in [1.807, 2.05) is 55.5 Å². The highest BCUT2D eigenvalue weighted by Crippen LogP contribution is 2.15. The van der Waals surface area contributed by atoms with Gasteiger partial charge in [-0.05, 0) is 56.2 Å². The highest BCUT2D eigenvalue weighted by molar-refractivity contribution is 5.95. The van der Waals surface area contributed by atoms with Crippen molar-refractivity contribution in [1.29, 1.82) is 0 Å². The second kappa shape index (κ2) is 10.4. The fourth-order valence-corrected chi connectivity index (χ4v) is 3.29. The minimum Gasteiger partial charge on any atom is -0.497 e. The van der Waals surface area contributed by atoms with Crippen LogP contribution in [0.4, 0.5) is 0 Å². The van der Waals surface area contributed by atoms with Gasteiger partial charge in [-0.1, -0.05) is 24.3 Å². The lowest BCUT2D eigenvalue weighted by molar-refractivity contribution is -0.126. The molecule has 2 amide bonds. The molecule has 0 aliphatic heterocycles. The third kappa shape index (κ3) is 5.94. The number of imidazole rings is 1. The maximum Gasteiger partial charge on any atom is 0.244 e. The zero-order valence-corrected chi connectivity index (χ0v) is 18.1. The zero-order chi connectivity index (χ0) is 22.2. The maximum atomic E-state index is 12.3. The van der Waals surface area contributed by atoms with Gasteiger partial charge in [0.25, 0.3) is 0 Å². The summed E-state index contributed by atoms with van der Waals surface area (Å²) in [6.45, 7) is 4.93. The Kier molecular flexibility index (Phi) is 7.43. The lowest BCUT2D eigenvalue weighted by atomic mass is 10.2. The van der Waals surface area contributed by atoms with E-state index < -0.39 is 6.04 Å². The van der Waals surface area contributed by atoms with E-state index in [1.54, 1.807) is 20.1 Å². The van der Waals surface area contributed by atoms with E-state index in [4.69, 9.17) is 4.74 Å². The van der Waals surface area contributed by atoms with Crippen molar-refractivity contribution in [2.75, 3.05) is 13.7 Å². The van der Waals surface area contributed by atoms with Crippen LogP contribution in [0.1, 0.15) is 24.7 Å². The normalized spacial score (nSPS) is 12.1. The van der Waals surface area contributed by atoms with Crippen LogP contribution < -0.4 is 15.4 Å². The van der Waals surface area contributed by atoms with Crippen LogP contribution in [-0.2, 0) is 16.1 Å². The molecule has 7 heteroatoms. The molecule has 0 bridgehead atoms. The molecule has 1 heterocycles. The molecule has 0 saturated carbocycles. The zero-order valence-electron chi connectivity index (χ0n) is 18.1. The van der Waals surface area contributed by atoms with Gasteiger partial charge in [-0.3, -0.25) is 9.59 Å². The summed E-state index contributed by atoms with van der Waals surface area (Å²) in [5, 5.41) is 5.56. The lowest BCUT2D eigenvalue weighted by Crippen LogP contribution is -2.44. The molecule has 0 saturated heterocycles. The van der Waals surface area contributed by atoms with E-state index in [1.165, 1.54) is 6.08 Å². The molecular weight excluding hydrogens is 392 g/mol. The van der Waals surface area contributed by atoms with Crippen LogP contribution in [0, 0.1) is 6.92 Å². The largest absolute Gasteiger partial charge is 0.497 e. The number of carbonyl (C=O) groups is 2. The van der Waals surface area contributed by atoms with Crippen LogP contribution in [0.15, 0.2) is 54.6 Å². The van der Waals surface area contributed by atoms with Gasteiger partial charge < -0.3 is 19.9 Å². The Morgan fingerprint density at radius 2 is 1.90 bits per heavy atom. The van der Waals surface area contributed by atoms with Gasteiger partial charge >= 0.3 is 0 Å². The molecule has 3 rings (SSSR count). The summed E-state index contributed by atoms with van der Waals surface area (Å²) in [6, 6.07) is 14.7. The summed E-state index contributed by atoms with van der Waals surface area (Å²) in [5.74, 6) is 1.18. The number of rotatable bonds is 9. The van der Waals surface area contributed by atoms with Crippen molar-refractivity contribution >= 4 is 28.9 Å². The Morgan fingerprint density at radius 3 is 2.65 bits per heavy atom. The van der Waals surface area contributed by atoms with Crippen molar-refractivity contribution in [2.45, 2.75) is 32.9 Å². The number of fused-ring (bicyclic) bond motifs is 1. The number of amides is 2. The number of ether oxygens (including phenoxy) is 1. The van der Waals surface area contributed by atoms with Gasteiger partial charge in [0.15, 0.2) is 0 Å². The Hall–Kier alpha value is -3.61. The summed E-state index contributed by atoms with van der Waals surface area (Å²) in [4.78, 5) is 28.9. The van der Waals surface area contributed by atoms with Gasteiger partial charge in [-0.25, -0.2) is 4.98 Å². The molecule has 2 aromatic carbocycles. The number of carbonyl (C=O) groups excluding carboxylic acids is 2. The predicted molar refractivity (Wildman–Crippen MR) is 122 cm³/mol. The second-order valence-electron chi connectivity index (χ2n) is 7.28. The van der Waals surface area contributed by atoms with Crippen molar-refractivity contribution in [3.8, 4) is 5.75 Å². The first kappa shape index (κ1) is 22.1. The third-order valence-corrected chi connectivity index (χ3v) is 5.00. The Labute approximate surface area is 182 Å². The van der Waals surface area contributed by atoms with E-state index in [2.05, 4.69) is 20.2 Å². The fourth-order valence-electron chi connectivity index (χ4n) is 3.29. The number of aryl methyl sites for hydroxylation is 2. The quantitative estimate of drug-likeness (QED) is 0.412. The summed E-state index contributed by atoms with van der Waals surface area (Å²) in [5.41, 5.74) is 2.94. The van der Waals surface area contributed by atoms with Crippen LogP contribution in [0.2, 0.25) is 0 Å². The van der Waals surface area contributed by atoms with Gasteiger partial charge in [0, 0.05) is 19.2 Å². The number of methoxy groups -OCH3 is 1. The number of aromatic nitrogens is 2. The van der Waals surface area contributed by atoms with Gasteiger partial charge in [0.2, 0.25) is 11.8 Å². The van der Waals surface area contributed by atoms with Crippen LogP contribution in [0.3, 0.4) is 0 Å². The molecule has 0 spiro atoms. The van der Waals surface area contributed by atoms with Crippen LogP contribution in [0.5, 0.6) is 5.75 Å². The Morgan fingerprint density at radius 1 is 1.16 bits per heavy atom. The van der Waals surface area contributed by atoms with E-state index in [0.717, 1.165) is 41.1 Å². The minimum atomic E-state index is -0.621. The average Bonchev–Trinajstić information content (AvgIpc) is 3.10. The minimum absolute atomic E-state index is 0.210. The summed E-state index contributed by atoms with van der Waals surface area (Å²) in [7, 11) is 1.60. The predicted octanol–water partition coefficient (Wildman–Crippen LogP) is 3.08. The van der Waals surface area contributed by atoms with Gasteiger partial charge in [0.05, 0.1) is 18.1 Å². The standard InChI is InChI=1S/C24H28N4O3/c1-17(26-23(29)14-11-19-9-12-20(31-3)13-10-19)24(30)25-15-6-16-28-18(2)27-21-7-4-5-8-22(21)28/h4-5,7-14,17H,6,15-16H2,1-3H3,(H,25,30)(H,26,29)/b14-11+. The molecule has 0 aliphatic rings. The van der Waals surface area contributed by atoms with E-state index in [0.29, 0.717) is 6.54 Å². The highest BCUT2D eigenvalue weighted by atomic mass is 16.5. The molecule has 0 fully saturated rings. The Bertz CT molecular complexity index is 1070. The number of nitrogens with zero attached hydrogens (tertiary/aromatic N) is 2. The van der Waals surface area contributed by atoms with Crippen LogP contribution in [-0.4, -0.2) is 41.1 Å². The number of nitrogens with one attached hydrogen (secondary N) is 2. The molecule has 162 valence electrons. The SMILES string of the molecule is COc1ccc(/C=C/C(=O)NC(C)C(=O)NCCCn2c(C)nc3ccccc32)cc1. The van der Waals surface area contributed by atoms with Crippen LogP contribution >= 0.6 is 0 Å². The molecule has 1 unspecified atom stereocenters. The van der Waals surface area contributed by atoms with Gasteiger partial charge in [0.1, 0.15) is 17.6 Å². The molecule has 1 aromatic heterocycles. The maximum absolute atomic E-state index is 12.3. The average molecular weight is 421 g/mol. The summed E-state index contributed by atoms with van der Waals surface area (Å²) in [6.07, 6.45) is 3.88. The van der Waals surface area contributed by atoms with E-state index >= 15 is 0 Å². The fraction of sp³-hybridized carbons (Fsp3) is 0.292. The van der Waals surface area contributed by atoms with Crippen molar-refractivity contribution in [3.05, 3.63) is 66.0 Å². The first-order chi connectivity index (χ1) is 15.0. The summed E-state index contributed by atoms with van der Waals surface area (Å²) >= 11 is 0. The first-order valence-electron chi connectivity index (χ1n) is 10.3. The molecule has 0 radical (unpaired) electrons. The molecule has 3 aromatic rings. The van der Waals surface area contributed by atoms with Crippen molar-refractivity contribution in [3.63, 3.8) is 0 Å². The molecule has 0 aliphatic carbocycles. The topological polar surface area (TPSA) is 85.2 Å². The Balaban J connectivity index is 1.42. The highest BCUT2D eigenvalue weighted by Gasteiger charge is 2.14. The number of hydrogen-bond donors (Lipinski definition) is 2. The molecular formula is C24H28N4O3. The monoisotopic (exact) mass is 420 g/mol. The smallest absolute Gasteiger partial charge is 0.244 e. The number of para-hydroxylation sites is 2. The third-order valence-electron chi connectivity index (χ3n) is 5.00. The summed E-state index contributed by atoms with van der Waals surface area (Å²) < 4.78 is 7.26. The van der Waals surface area contributed by atoms with Crippen molar-refractivity contribution < 1.29 is 14.3 Å². The molecule has 2 N–H and O–H groups in total. The van der Waals surface area contributed by atoms with Crippen LogP contribution in [0.25, 0.3) is 17.1 Å². The second-order valence-corrected chi connectivity index (χ2v) is 7.28. The number of benzene rings is 2. The molecule has 31 heavy (non-hydrogen) atoms. The van der Waals surface area contributed by atoms with Crippen molar-refractivity contribution in [1.82, 2.24) is 20.2 Å². The van der Waals surface area contributed by atoms with Gasteiger partial charge in [-0.15, -0.1) is 0 Å². The number of hydrogen-bond acceptors (Lipinski definition) is 4. The van der Waals surface area contributed by atoms with Gasteiger partial charge in [-0.2, -0.15) is 0 Å².